The first-order valence-corrected chi connectivity index (χ1v) is 4.95. The van der Waals surface area contributed by atoms with Gasteiger partial charge < -0.3 is 9.47 Å². The van der Waals surface area contributed by atoms with Crippen LogP contribution < -0.4 is 4.74 Å². The van der Waals surface area contributed by atoms with E-state index in [2.05, 4.69) is 28.1 Å². The molecule has 0 aromatic heterocycles. The van der Waals surface area contributed by atoms with Gasteiger partial charge >= 0.3 is 0 Å². The Hall–Kier alpha value is -0.540. The lowest BCUT2D eigenvalue weighted by atomic mass is 9.97. The summed E-state index contributed by atoms with van der Waals surface area (Å²) in [6, 6.07) is 8.07. The van der Waals surface area contributed by atoms with E-state index in [4.69, 9.17) is 9.47 Å². The number of methoxy groups -OCH3 is 1. The molecule has 0 radical (unpaired) electrons. The second-order valence-electron chi connectivity index (χ2n) is 3.19. The Kier molecular flexibility index (Phi) is 2.30. The number of halogens is 1. The van der Waals surface area contributed by atoms with Crippen LogP contribution in [-0.2, 0) is 9.06 Å². The predicted molar refractivity (Wildman–Crippen MR) is 54.4 cm³/mol. The molecule has 1 aliphatic rings. The van der Waals surface area contributed by atoms with Gasteiger partial charge in [-0.15, -0.1) is 0 Å². The van der Waals surface area contributed by atoms with Crippen LogP contribution in [-0.4, -0.2) is 20.3 Å². The molecule has 0 unspecified atom stereocenters. The van der Waals surface area contributed by atoms with Gasteiger partial charge in [-0.25, -0.2) is 0 Å². The van der Waals surface area contributed by atoms with Crippen molar-refractivity contribution < 1.29 is 9.47 Å². The monoisotopic (exact) mass is 242 g/mol. The molecule has 13 heavy (non-hydrogen) atoms. The molecule has 0 aliphatic carbocycles. The van der Waals surface area contributed by atoms with Crippen molar-refractivity contribution in [3.63, 3.8) is 0 Å². The topological polar surface area (TPSA) is 18.5 Å². The number of alkyl halides is 1. The summed E-state index contributed by atoms with van der Waals surface area (Å²) < 4.78 is 10.3. The zero-order chi connectivity index (χ0) is 9.31. The van der Waals surface area contributed by atoms with E-state index in [1.807, 2.05) is 12.1 Å². The molecule has 1 saturated heterocycles. The summed E-state index contributed by atoms with van der Waals surface area (Å²) in [6.07, 6.45) is 0. The van der Waals surface area contributed by atoms with Crippen molar-refractivity contribution in [2.24, 2.45) is 0 Å². The first-order chi connectivity index (χ1) is 6.24. The highest BCUT2D eigenvalue weighted by Crippen LogP contribution is 2.38. The molecule has 0 atom stereocenters. The van der Waals surface area contributed by atoms with Crippen LogP contribution >= 0.6 is 15.9 Å². The molecule has 70 valence electrons. The third-order valence-electron chi connectivity index (χ3n) is 2.27. The van der Waals surface area contributed by atoms with Crippen molar-refractivity contribution in [1.29, 1.82) is 0 Å². The SMILES string of the molecule is COc1ccc(C2(Br)COC2)cc1. The lowest BCUT2D eigenvalue weighted by Crippen LogP contribution is -2.40. The summed E-state index contributed by atoms with van der Waals surface area (Å²) in [7, 11) is 1.67. The minimum absolute atomic E-state index is 0.0409. The zero-order valence-corrected chi connectivity index (χ0v) is 9.00. The number of hydrogen-bond acceptors (Lipinski definition) is 2. The van der Waals surface area contributed by atoms with Crippen molar-refractivity contribution in [1.82, 2.24) is 0 Å². The largest absolute Gasteiger partial charge is 0.497 e. The van der Waals surface area contributed by atoms with Crippen molar-refractivity contribution in [2.75, 3.05) is 20.3 Å². The van der Waals surface area contributed by atoms with Crippen LogP contribution in [0.5, 0.6) is 5.75 Å². The van der Waals surface area contributed by atoms with Crippen LogP contribution in [0, 0.1) is 0 Å². The molecule has 1 heterocycles. The summed E-state index contributed by atoms with van der Waals surface area (Å²) in [5.74, 6) is 0.889. The Morgan fingerprint density at radius 1 is 1.31 bits per heavy atom. The maximum absolute atomic E-state index is 5.17. The lowest BCUT2D eigenvalue weighted by Gasteiger charge is -2.36. The van der Waals surface area contributed by atoms with E-state index in [1.165, 1.54) is 5.56 Å². The fraction of sp³-hybridized carbons (Fsp3) is 0.400. The Labute approximate surface area is 86.0 Å². The second kappa shape index (κ2) is 3.31. The van der Waals surface area contributed by atoms with Crippen molar-refractivity contribution in [2.45, 2.75) is 4.32 Å². The van der Waals surface area contributed by atoms with Crippen LogP contribution in [0.25, 0.3) is 0 Å². The second-order valence-corrected chi connectivity index (χ2v) is 4.70. The third kappa shape index (κ3) is 1.58. The lowest BCUT2D eigenvalue weighted by molar-refractivity contribution is -0.00700. The molecule has 1 aliphatic heterocycles. The van der Waals surface area contributed by atoms with Crippen molar-refractivity contribution >= 4 is 15.9 Å². The number of benzene rings is 1. The molecule has 1 aromatic rings. The van der Waals surface area contributed by atoms with Gasteiger partial charge in [-0.1, -0.05) is 28.1 Å². The van der Waals surface area contributed by atoms with Crippen molar-refractivity contribution in [3.8, 4) is 5.75 Å². The molecule has 0 bridgehead atoms. The van der Waals surface area contributed by atoms with E-state index >= 15 is 0 Å². The van der Waals surface area contributed by atoms with Crippen LogP contribution in [0.2, 0.25) is 0 Å². The van der Waals surface area contributed by atoms with Crippen LogP contribution in [0.3, 0.4) is 0 Å². The Balaban J connectivity index is 2.22. The van der Waals surface area contributed by atoms with E-state index in [0.29, 0.717) is 0 Å². The normalized spacial score (nSPS) is 19.2. The van der Waals surface area contributed by atoms with Gasteiger partial charge in [0.25, 0.3) is 0 Å². The first-order valence-electron chi connectivity index (χ1n) is 4.16. The molecule has 2 rings (SSSR count). The fourth-order valence-corrected chi connectivity index (χ4v) is 1.93. The number of rotatable bonds is 2. The summed E-state index contributed by atoms with van der Waals surface area (Å²) in [6.45, 7) is 1.50. The van der Waals surface area contributed by atoms with Gasteiger partial charge in [0, 0.05) is 0 Å². The van der Waals surface area contributed by atoms with E-state index < -0.39 is 0 Å². The molecule has 1 fully saturated rings. The van der Waals surface area contributed by atoms with Crippen LogP contribution in [0.4, 0.5) is 0 Å². The van der Waals surface area contributed by atoms with Gasteiger partial charge in [0.2, 0.25) is 0 Å². The van der Waals surface area contributed by atoms with E-state index in [-0.39, 0.29) is 4.32 Å². The maximum Gasteiger partial charge on any atom is 0.118 e. The summed E-state index contributed by atoms with van der Waals surface area (Å²) >= 11 is 3.66. The zero-order valence-electron chi connectivity index (χ0n) is 7.42. The van der Waals surface area contributed by atoms with E-state index in [1.54, 1.807) is 7.11 Å². The van der Waals surface area contributed by atoms with Crippen molar-refractivity contribution in [3.05, 3.63) is 29.8 Å². The standard InChI is InChI=1S/C10H11BrO2/c1-12-9-4-2-8(3-5-9)10(11)6-13-7-10/h2-5H,6-7H2,1H3. The van der Waals surface area contributed by atoms with Gasteiger partial charge in [-0.3, -0.25) is 0 Å². The number of ether oxygens (including phenoxy) is 2. The highest BCUT2D eigenvalue weighted by atomic mass is 79.9. The number of hydrogen-bond donors (Lipinski definition) is 0. The average molecular weight is 243 g/mol. The van der Waals surface area contributed by atoms with E-state index in [0.717, 1.165) is 19.0 Å². The molecule has 0 saturated carbocycles. The summed E-state index contributed by atoms with van der Waals surface area (Å²) in [5.41, 5.74) is 1.25. The minimum Gasteiger partial charge on any atom is -0.497 e. The Bertz CT molecular complexity index is 290. The third-order valence-corrected chi connectivity index (χ3v) is 3.18. The Morgan fingerprint density at radius 2 is 1.92 bits per heavy atom. The molecule has 0 spiro atoms. The predicted octanol–water partition coefficient (Wildman–Crippen LogP) is 2.32. The molecule has 1 aromatic carbocycles. The van der Waals surface area contributed by atoms with Crippen LogP contribution in [0.1, 0.15) is 5.56 Å². The van der Waals surface area contributed by atoms with Gasteiger partial charge in [-0.05, 0) is 17.7 Å². The van der Waals surface area contributed by atoms with Gasteiger partial charge in [0.1, 0.15) is 5.75 Å². The summed E-state index contributed by atoms with van der Waals surface area (Å²) in [4.78, 5) is 0. The van der Waals surface area contributed by atoms with Gasteiger partial charge in [0.05, 0.1) is 24.6 Å². The average Bonchev–Trinajstić information content (AvgIpc) is 2.14. The first kappa shape index (κ1) is 9.03. The Morgan fingerprint density at radius 3 is 2.31 bits per heavy atom. The molecule has 3 heteroatoms. The van der Waals surface area contributed by atoms with Gasteiger partial charge in [-0.2, -0.15) is 0 Å². The van der Waals surface area contributed by atoms with E-state index in [9.17, 15) is 0 Å². The van der Waals surface area contributed by atoms with Crippen LogP contribution in [0.15, 0.2) is 24.3 Å². The minimum atomic E-state index is 0.0409. The quantitative estimate of drug-likeness (QED) is 0.742. The highest BCUT2D eigenvalue weighted by Gasteiger charge is 2.37. The molecule has 2 nitrogen and oxygen atoms in total. The molecule has 0 amide bonds. The molecular formula is C10H11BrO2. The molecular weight excluding hydrogens is 232 g/mol. The highest BCUT2D eigenvalue weighted by molar-refractivity contribution is 9.09. The van der Waals surface area contributed by atoms with Gasteiger partial charge in [0.15, 0.2) is 0 Å². The smallest absolute Gasteiger partial charge is 0.118 e. The molecule has 0 N–H and O–H groups in total. The fourth-order valence-electron chi connectivity index (χ4n) is 1.34. The maximum atomic E-state index is 5.17. The summed E-state index contributed by atoms with van der Waals surface area (Å²) in [5, 5.41) is 0.